The van der Waals surface area contributed by atoms with E-state index in [9.17, 15) is 9.18 Å². The van der Waals surface area contributed by atoms with Crippen LogP contribution in [0.3, 0.4) is 0 Å². The lowest BCUT2D eigenvalue weighted by Gasteiger charge is -2.26. The van der Waals surface area contributed by atoms with Gasteiger partial charge in [0, 0.05) is 6.20 Å². The first kappa shape index (κ1) is 14.3. The SMILES string of the molecule is CCOC(=O)CN1c2cccnc2NC1c1ccc(F)cc1. The fraction of sp³-hybridized carbons (Fsp3) is 0.250. The Morgan fingerprint density at radius 2 is 2.14 bits per heavy atom. The van der Waals surface area contributed by atoms with Crippen molar-refractivity contribution in [3.05, 3.63) is 54.0 Å². The maximum Gasteiger partial charge on any atom is 0.325 e. The molecule has 0 spiro atoms. The number of benzene rings is 1. The molecule has 5 nitrogen and oxygen atoms in total. The van der Waals surface area contributed by atoms with Gasteiger partial charge in [-0.25, -0.2) is 9.37 Å². The number of carbonyl (C=O) groups is 1. The van der Waals surface area contributed by atoms with Gasteiger partial charge in [0.25, 0.3) is 0 Å². The highest BCUT2D eigenvalue weighted by atomic mass is 19.1. The van der Waals surface area contributed by atoms with E-state index >= 15 is 0 Å². The van der Waals surface area contributed by atoms with E-state index in [1.165, 1.54) is 12.1 Å². The lowest BCUT2D eigenvalue weighted by atomic mass is 10.1. The lowest BCUT2D eigenvalue weighted by molar-refractivity contribution is -0.141. The van der Waals surface area contributed by atoms with Crippen LogP contribution in [0.4, 0.5) is 15.9 Å². The predicted molar refractivity (Wildman–Crippen MR) is 81.0 cm³/mol. The summed E-state index contributed by atoms with van der Waals surface area (Å²) < 4.78 is 18.2. The molecule has 1 aliphatic heterocycles. The molecule has 22 heavy (non-hydrogen) atoms. The maximum absolute atomic E-state index is 13.1. The molecular weight excluding hydrogens is 285 g/mol. The minimum Gasteiger partial charge on any atom is -0.465 e. The molecular formula is C16H16FN3O2. The largest absolute Gasteiger partial charge is 0.465 e. The fourth-order valence-electron chi connectivity index (χ4n) is 2.52. The molecule has 2 aromatic rings. The van der Waals surface area contributed by atoms with Crippen LogP contribution in [0.25, 0.3) is 0 Å². The van der Waals surface area contributed by atoms with Gasteiger partial charge in [0.2, 0.25) is 0 Å². The van der Waals surface area contributed by atoms with Crippen molar-refractivity contribution in [3.8, 4) is 0 Å². The Morgan fingerprint density at radius 1 is 1.36 bits per heavy atom. The molecule has 0 radical (unpaired) electrons. The number of esters is 1. The zero-order valence-corrected chi connectivity index (χ0v) is 12.1. The zero-order valence-electron chi connectivity index (χ0n) is 12.1. The summed E-state index contributed by atoms with van der Waals surface area (Å²) in [6, 6.07) is 9.88. The summed E-state index contributed by atoms with van der Waals surface area (Å²) in [7, 11) is 0. The Balaban J connectivity index is 1.91. The van der Waals surface area contributed by atoms with E-state index in [1.54, 1.807) is 25.3 Å². The Hall–Kier alpha value is -2.63. The highest BCUT2D eigenvalue weighted by Gasteiger charge is 2.32. The van der Waals surface area contributed by atoms with Gasteiger partial charge in [0.15, 0.2) is 5.82 Å². The van der Waals surface area contributed by atoms with Gasteiger partial charge in [-0.15, -0.1) is 0 Å². The second-order valence-corrected chi connectivity index (χ2v) is 4.90. The molecule has 0 amide bonds. The van der Waals surface area contributed by atoms with Crippen molar-refractivity contribution in [1.82, 2.24) is 4.98 Å². The number of nitrogens with one attached hydrogen (secondary N) is 1. The van der Waals surface area contributed by atoms with Crippen LogP contribution in [0.5, 0.6) is 0 Å². The Bertz CT molecular complexity index is 675. The van der Waals surface area contributed by atoms with Crippen molar-refractivity contribution in [2.24, 2.45) is 0 Å². The summed E-state index contributed by atoms with van der Waals surface area (Å²) >= 11 is 0. The van der Waals surface area contributed by atoms with Crippen molar-refractivity contribution in [1.29, 1.82) is 0 Å². The molecule has 1 aromatic carbocycles. The monoisotopic (exact) mass is 301 g/mol. The second kappa shape index (κ2) is 6.01. The summed E-state index contributed by atoms with van der Waals surface area (Å²) in [5, 5.41) is 3.25. The first-order chi connectivity index (χ1) is 10.7. The van der Waals surface area contributed by atoms with E-state index in [0.717, 1.165) is 11.3 Å². The summed E-state index contributed by atoms with van der Waals surface area (Å²) in [5.41, 5.74) is 1.67. The highest BCUT2D eigenvalue weighted by molar-refractivity contribution is 5.81. The Kier molecular flexibility index (Phi) is 3.91. The van der Waals surface area contributed by atoms with Crippen molar-refractivity contribution in [3.63, 3.8) is 0 Å². The zero-order chi connectivity index (χ0) is 15.5. The van der Waals surface area contributed by atoms with Crippen molar-refractivity contribution in [2.75, 3.05) is 23.4 Å². The van der Waals surface area contributed by atoms with Crippen LogP contribution >= 0.6 is 0 Å². The molecule has 1 atom stereocenters. The number of rotatable bonds is 4. The number of pyridine rings is 1. The molecule has 0 fully saturated rings. The number of nitrogens with zero attached hydrogens (tertiary/aromatic N) is 2. The molecule has 1 N–H and O–H groups in total. The summed E-state index contributed by atoms with van der Waals surface area (Å²) in [6.07, 6.45) is 1.40. The van der Waals surface area contributed by atoms with Crippen LogP contribution in [0.2, 0.25) is 0 Å². The standard InChI is InChI=1S/C16H16FN3O2/c1-2-22-14(21)10-20-13-4-3-9-18-15(13)19-16(20)11-5-7-12(17)8-6-11/h3-9,16H,2,10H2,1H3,(H,18,19). The minimum atomic E-state index is -0.312. The van der Waals surface area contributed by atoms with Crippen LogP contribution in [-0.4, -0.2) is 24.1 Å². The van der Waals surface area contributed by atoms with Gasteiger partial charge in [-0.2, -0.15) is 0 Å². The second-order valence-electron chi connectivity index (χ2n) is 4.90. The number of fused-ring (bicyclic) bond motifs is 1. The molecule has 0 bridgehead atoms. The molecule has 1 unspecified atom stereocenters. The smallest absolute Gasteiger partial charge is 0.325 e. The molecule has 1 aromatic heterocycles. The van der Waals surface area contributed by atoms with Crippen LogP contribution in [-0.2, 0) is 9.53 Å². The Morgan fingerprint density at radius 3 is 2.86 bits per heavy atom. The third-order valence-electron chi connectivity index (χ3n) is 3.47. The number of hydrogen-bond acceptors (Lipinski definition) is 5. The van der Waals surface area contributed by atoms with Gasteiger partial charge in [-0.05, 0) is 36.8 Å². The quantitative estimate of drug-likeness (QED) is 0.880. The number of halogens is 1. The van der Waals surface area contributed by atoms with Crippen LogP contribution in [0, 0.1) is 5.82 Å². The predicted octanol–water partition coefficient (Wildman–Crippen LogP) is 2.71. The topological polar surface area (TPSA) is 54.5 Å². The molecule has 2 heterocycles. The summed E-state index contributed by atoms with van der Waals surface area (Å²) in [6.45, 7) is 2.20. The van der Waals surface area contributed by atoms with E-state index in [1.807, 2.05) is 17.0 Å². The number of anilines is 2. The summed E-state index contributed by atoms with van der Waals surface area (Å²) in [5.74, 6) is 0.0866. The van der Waals surface area contributed by atoms with Gasteiger partial charge in [0.05, 0.1) is 12.3 Å². The Labute approximate surface area is 127 Å². The summed E-state index contributed by atoms with van der Waals surface area (Å²) in [4.78, 5) is 18.0. The van der Waals surface area contributed by atoms with Gasteiger partial charge >= 0.3 is 5.97 Å². The minimum absolute atomic E-state index is 0.0988. The van der Waals surface area contributed by atoms with Crippen LogP contribution in [0.1, 0.15) is 18.7 Å². The van der Waals surface area contributed by atoms with Gasteiger partial charge in [-0.1, -0.05) is 12.1 Å². The maximum atomic E-state index is 13.1. The molecule has 0 saturated carbocycles. The number of hydrogen-bond donors (Lipinski definition) is 1. The highest BCUT2D eigenvalue weighted by Crippen LogP contribution is 2.39. The number of ether oxygens (including phenoxy) is 1. The van der Waals surface area contributed by atoms with E-state index in [2.05, 4.69) is 10.3 Å². The van der Waals surface area contributed by atoms with Gasteiger partial charge in [0.1, 0.15) is 18.5 Å². The van der Waals surface area contributed by atoms with E-state index < -0.39 is 0 Å². The molecule has 0 saturated heterocycles. The normalized spacial score (nSPS) is 16.1. The third kappa shape index (κ3) is 2.72. The molecule has 0 aliphatic carbocycles. The van der Waals surface area contributed by atoms with E-state index in [4.69, 9.17) is 4.74 Å². The molecule has 6 heteroatoms. The average Bonchev–Trinajstić information content (AvgIpc) is 2.87. The van der Waals surface area contributed by atoms with Gasteiger partial charge < -0.3 is 15.0 Å². The lowest BCUT2D eigenvalue weighted by Crippen LogP contribution is -2.34. The number of aromatic nitrogens is 1. The van der Waals surface area contributed by atoms with Crippen LogP contribution < -0.4 is 10.2 Å². The van der Waals surface area contributed by atoms with E-state index in [-0.39, 0.29) is 24.5 Å². The van der Waals surface area contributed by atoms with Crippen molar-refractivity contribution >= 4 is 17.5 Å². The fourth-order valence-corrected chi connectivity index (χ4v) is 2.52. The average molecular weight is 301 g/mol. The third-order valence-corrected chi connectivity index (χ3v) is 3.47. The van der Waals surface area contributed by atoms with E-state index in [0.29, 0.717) is 12.4 Å². The first-order valence-electron chi connectivity index (χ1n) is 7.08. The molecule has 3 rings (SSSR count). The van der Waals surface area contributed by atoms with Gasteiger partial charge in [-0.3, -0.25) is 4.79 Å². The van der Waals surface area contributed by atoms with Crippen LogP contribution in [0.15, 0.2) is 42.6 Å². The van der Waals surface area contributed by atoms with Crippen molar-refractivity contribution < 1.29 is 13.9 Å². The first-order valence-corrected chi connectivity index (χ1v) is 7.08. The van der Waals surface area contributed by atoms with Crippen molar-refractivity contribution in [2.45, 2.75) is 13.1 Å². The molecule has 114 valence electrons. The number of carbonyl (C=O) groups excluding carboxylic acids is 1. The molecule has 1 aliphatic rings.